The summed E-state index contributed by atoms with van der Waals surface area (Å²) in [5.41, 5.74) is 3.21. The van der Waals surface area contributed by atoms with Crippen LogP contribution in [0.25, 0.3) is 0 Å². The van der Waals surface area contributed by atoms with Crippen molar-refractivity contribution >= 4 is 51.5 Å². The van der Waals surface area contributed by atoms with Crippen molar-refractivity contribution in [3.8, 4) is 0 Å². The molecule has 1 aromatic carbocycles. The molecule has 2 saturated heterocycles. The second kappa shape index (κ2) is 9.56. The molecule has 1 N–H and O–H groups in total. The summed E-state index contributed by atoms with van der Waals surface area (Å²) >= 11 is 2.48. The number of ketones is 1. The Kier molecular flexibility index (Phi) is 6.37. The van der Waals surface area contributed by atoms with Crippen LogP contribution in [0.3, 0.4) is 0 Å². The summed E-state index contributed by atoms with van der Waals surface area (Å²) in [4.78, 5) is 39.1. The van der Waals surface area contributed by atoms with Gasteiger partial charge in [-0.25, -0.2) is 0 Å². The molecule has 1 aliphatic carbocycles. The number of benzene rings is 1. The Morgan fingerprint density at radius 2 is 2.00 bits per heavy atom. The smallest absolute Gasteiger partial charge is 0.243 e. The number of amides is 2. The summed E-state index contributed by atoms with van der Waals surface area (Å²) in [6.45, 7) is 0.200. The number of hydrogen-bond acceptors (Lipinski definition) is 8. The first-order valence-electron chi connectivity index (χ1n) is 10.8. The van der Waals surface area contributed by atoms with Crippen LogP contribution in [0.2, 0.25) is 0 Å². The topological polar surface area (TPSA) is 104 Å². The van der Waals surface area contributed by atoms with Gasteiger partial charge in [-0.15, -0.1) is 10.2 Å². The van der Waals surface area contributed by atoms with E-state index in [1.165, 1.54) is 46.0 Å². The van der Waals surface area contributed by atoms with Crippen LogP contribution in [-0.4, -0.2) is 43.8 Å². The van der Waals surface area contributed by atoms with E-state index in [2.05, 4.69) is 15.5 Å². The number of Topliss-reactive ketones (excluding diaryl/α,β-unsaturated/α-hetero) is 1. The Morgan fingerprint density at radius 3 is 2.76 bits per heavy atom. The number of carbonyl (C=O) groups excluding carboxylic acids is 3. The Labute approximate surface area is 199 Å². The van der Waals surface area contributed by atoms with Gasteiger partial charge in [-0.05, 0) is 55.0 Å². The first-order chi connectivity index (χ1) is 16.1. The van der Waals surface area contributed by atoms with E-state index < -0.39 is 5.25 Å². The highest BCUT2D eigenvalue weighted by atomic mass is 32.2. The Morgan fingerprint density at radius 1 is 1.15 bits per heavy atom. The molecule has 10 heteroatoms. The molecule has 2 amide bonds. The van der Waals surface area contributed by atoms with Crippen LogP contribution in [-0.2, 0) is 29.0 Å². The van der Waals surface area contributed by atoms with Gasteiger partial charge in [0.15, 0.2) is 16.1 Å². The molecule has 0 saturated carbocycles. The van der Waals surface area contributed by atoms with Gasteiger partial charge < -0.3 is 9.73 Å². The van der Waals surface area contributed by atoms with Crippen molar-refractivity contribution in [3.05, 3.63) is 59.0 Å². The van der Waals surface area contributed by atoms with Gasteiger partial charge in [-0.1, -0.05) is 35.7 Å². The number of nitrogens with zero attached hydrogens (tertiary/aromatic N) is 3. The molecule has 1 atom stereocenters. The molecule has 33 heavy (non-hydrogen) atoms. The van der Waals surface area contributed by atoms with E-state index in [4.69, 9.17) is 4.42 Å². The molecule has 0 spiro atoms. The molecule has 1 unspecified atom stereocenters. The van der Waals surface area contributed by atoms with Crippen LogP contribution in [0.5, 0.6) is 0 Å². The first-order valence-corrected chi connectivity index (χ1v) is 12.7. The second-order valence-corrected chi connectivity index (χ2v) is 10.2. The van der Waals surface area contributed by atoms with Crippen LogP contribution >= 0.6 is 23.5 Å². The number of carbonyl (C=O) groups is 3. The summed E-state index contributed by atoms with van der Waals surface area (Å²) in [6.07, 6.45) is 6.01. The second-order valence-electron chi connectivity index (χ2n) is 8.05. The maximum Gasteiger partial charge on any atom is 0.243 e. The van der Waals surface area contributed by atoms with Crippen LogP contribution < -0.4 is 5.32 Å². The van der Waals surface area contributed by atoms with Crippen LogP contribution in [0.1, 0.15) is 46.5 Å². The fourth-order valence-corrected chi connectivity index (χ4v) is 5.79. The van der Waals surface area contributed by atoms with Crippen molar-refractivity contribution in [2.45, 2.75) is 43.9 Å². The highest BCUT2D eigenvalue weighted by Crippen LogP contribution is 2.33. The number of aryl methyl sites for hydroxylation is 2. The zero-order chi connectivity index (χ0) is 22.8. The first kappa shape index (κ1) is 22.0. The van der Waals surface area contributed by atoms with Crippen molar-refractivity contribution in [1.82, 2.24) is 10.2 Å². The largest absolute Gasteiger partial charge is 0.467 e. The van der Waals surface area contributed by atoms with Crippen molar-refractivity contribution in [1.29, 1.82) is 0 Å². The number of rotatable bonds is 6. The highest BCUT2D eigenvalue weighted by molar-refractivity contribution is 8.15. The van der Waals surface area contributed by atoms with Crippen LogP contribution in [0, 0.1) is 0 Å². The minimum absolute atomic E-state index is 0.0571. The standard InChI is InChI=1S/C23H22N4O4S2/c28-18(16-8-7-14-4-1-2-5-15(14)10-16)11-19-21(30)27(12-17-6-3-9-31-17)23(33-19)26-25-22-24-20(29)13-32-22/h3,6-10,19H,1-2,4-5,11-13H2,(H,24,25,29). The predicted molar refractivity (Wildman–Crippen MR) is 128 cm³/mol. The minimum atomic E-state index is -0.590. The van der Waals surface area contributed by atoms with E-state index in [9.17, 15) is 14.4 Å². The lowest BCUT2D eigenvalue weighted by atomic mass is 9.89. The summed E-state index contributed by atoms with van der Waals surface area (Å²) < 4.78 is 5.40. The van der Waals surface area contributed by atoms with Gasteiger partial charge in [-0.3, -0.25) is 19.3 Å². The van der Waals surface area contributed by atoms with Crippen molar-refractivity contribution in [3.63, 3.8) is 0 Å². The van der Waals surface area contributed by atoms with Gasteiger partial charge in [0.2, 0.25) is 11.8 Å². The molecular formula is C23H22N4O4S2. The summed E-state index contributed by atoms with van der Waals surface area (Å²) in [6, 6.07) is 9.44. The number of amidine groups is 2. The number of nitrogens with one attached hydrogen (secondary N) is 1. The molecule has 2 aromatic rings. The molecule has 3 aliphatic rings. The third-order valence-electron chi connectivity index (χ3n) is 5.77. The van der Waals surface area contributed by atoms with Gasteiger partial charge >= 0.3 is 0 Å². The lowest BCUT2D eigenvalue weighted by Gasteiger charge is -2.16. The van der Waals surface area contributed by atoms with E-state index in [0.29, 0.717) is 27.4 Å². The molecule has 2 fully saturated rings. The van der Waals surface area contributed by atoms with E-state index in [-0.39, 0.29) is 30.6 Å². The molecule has 5 rings (SSSR count). The number of hydrogen-bond donors (Lipinski definition) is 1. The van der Waals surface area contributed by atoms with E-state index in [1.54, 1.807) is 18.4 Å². The minimum Gasteiger partial charge on any atom is -0.467 e. The lowest BCUT2D eigenvalue weighted by Crippen LogP contribution is -2.32. The quantitative estimate of drug-likeness (QED) is 0.500. The summed E-state index contributed by atoms with van der Waals surface area (Å²) in [5.74, 6) is 0.511. The van der Waals surface area contributed by atoms with Gasteiger partial charge in [0.25, 0.3) is 0 Å². The maximum atomic E-state index is 13.2. The average Bonchev–Trinajstić information content (AvgIpc) is 3.55. The zero-order valence-corrected chi connectivity index (χ0v) is 19.4. The Hall–Kier alpha value is -2.85. The fraction of sp³-hybridized carbons (Fsp3) is 0.348. The third-order valence-corrected chi connectivity index (χ3v) is 7.80. The molecule has 1 aromatic heterocycles. The normalized spacial score (nSPS) is 22.8. The number of furan rings is 1. The number of fused-ring (bicyclic) bond motifs is 1. The average molecular weight is 483 g/mol. The monoisotopic (exact) mass is 482 g/mol. The Bertz CT molecular complexity index is 1160. The molecule has 8 nitrogen and oxygen atoms in total. The van der Waals surface area contributed by atoms with Crippen LogP contribution in [0.4, 0.5) is 0 Å². The third kappa shape index (κ3) is 4.91. The van der Waals surface area contributed by atoms with Gasteiger partial charge in [0.1, 0.15) is 5.76 Å². The van der Waals surface area contributed by atoms with Crippen molar-refractivity contribution < 1.29 is 18.8 Å². The van der Waals surface area contributed by atoms with E-state index in [1.807, 2.05) is 18.2 Å². The fourth-order valence-electron chi connectivity index (χ4n) is 4.08. The van der Waals surface area contributed by atoms with E-state index in [0.717, 1.165) is 19.3 Å². The lowest BCUT2D eigenvalue weighted by molar-refractivity contribution is -0.126. The molecule has 2 aliphatic heterocycles. The van der Waals surface area contributed by atoms with Crippen molar-refractivity contribution in [2.75, 3.05) is 5.75 Å². The molecule has 3 heterocycles. The Balaban J connectivity index is 1.34. The van der Waals surface area contributed by atoms with Crippen LogP contribution in [0.15, 0.2) is 51.2 Å². The number of thioether (sulfide) groups is 2. The highest BCUT2D eigenvalue weighted by Gasteiger charge is 2.40. The van der Waals surface area contributed by atoms with Crippen molar-refractivity contribution in [2.24, 2.45) is 10.2 Å². The molecule has 0 bridgehead atoms. The SMILES string of the molecule is O=C1CSC(=NN=C2SC(CC(=O)c3ccc4c(c3)CCCC4)C(=O)N2Cc2ccco2)N1. The molecular weight excluding hydrogens is 460 g/mol. The van der Waals surface area contributed by atoms with Gasteiger partial charge in [0, 0.05) is 12.0 Å². The molecule has 170 valence electrons. The maximum absolute atomic E-state index is 13.2. The zero-order valence-electron chi connectivity index (χ0n) is 17.8. The molecule has 0 radical (unpaired) electrons. The van der Waals surface area contributed by atoms with Gasteiger partial charge in [0.05, 0.1) is 23.8 Å². The summed E-state index contributed by atoms with van der Waals surface area (Å²) in [7, 11) is 0. The predicted octanol–water partition coefficient (Wildman–Crippen LogP) is 3.37. The summed E-state index contributed by atoms with van der Waals surface area (Å²) in [5, 5.41) is 11.1. The van der Waals surface area contributed by atoms with Gasteiger partial charge in [-0.2, -0.15) is 0 Å². The van der Waals surface area contributed by atoms with E-state index >= 15 is 0 Å².